The van der Waals surface area contributed by atoms with Gasteiger partial charge in [-0.05, 0) is 23.1 Å². The molecule has 1 nitrogen and oxygen atoms in total. The molecule has 4 heteroatoms. The zero-order valence-electron chi connectivity index (χ0n) is 8.19. The summed E-state index contributed by atoms with van der Waals surface area (Å²) in [5, 5.41) is 3.18. The van der Waals surface area contributed by atoms with E-state index in [1.165, 1.54) is 5.57 Å². The van der Waals surface area contributed by atoms with E-state index in [4.69, 9.17) is 0 Å². The van der Waals surface area contributed by atoms with Crippen LogP contribution in [0.15, 0.2) is 34.9 Å². The first-order chi connectivity index (χ1) is 7.04. The lowest BCUT2D eigenvalue weighted by atomic mass is 10.1. The molecule has 0 spiro atoms. The Labute approximate surface area is 86.4 Å². The average molecular weight is 215 g/mol. The fraction of sp³-hybridized carbons (Fsp3) is 0.455. The van der Waals surface area contributed by atoms with Crippen LogP contribution < -0.4 is 5.32 Å². The highest BCUT2D eigenvalue weighted by atomic mass is 19.4. The zero-order valence-corrected chi connectivity index (χ0v) is 8.19. The molecule has 0 amide bonds. The lowest BCUT2D eigenvalue weighted by molar-refractivity contribution is -0.126. The fourth-order valence-corrected chi connectivity index (χ4v) is 1.86. The number of allylic oxidation sites excluding steroid dienone is 3. The molecule has 82 valence electrons. The SMILES string of the molecule is FC(F)(F)CC1=CCC2=C(C=C1)CNC2. The van der Waals surface area contributed by atoms with Gasteiger partial charge in [-0.3, -0.25) is 0 Å². The molecule has 0 saturated carbocycles. The second kappa shape index (κ2) is 3.85. The van der Waals surface area contributed by atoms with E-state index in [2.05, 4.69) is 5.32 Å². The summed E-state index contributed by atoms with van der Waals surface area (Å²) >= 11 is 0. The first kappa shape index (κ1) is 10.5. The largest absolute Gasteiger partial charge is 0.393 e. The molecule has 0 radical (unpaired) electrons. The molecule has 0 aromatic heterocycles. The summed E-state index contributed by atoms with van der Waals surface area (Å²) in [6.07, 6.45) is 0.781. The first-order valence-electron chi connectivity index (χ1n) is 4.90. The predicted molar refractivity (Wildman–Crippen MR) is 52.4 cm³/mol. The number of nitrogens with one attached hydrogen (secondary N) is 1. The van der Waals surface area contributed by atoms with Crippen molar-refractivity contribution in [3.8, 4) is 0 Å². The molecule has 2 aliphatic rings. The van der Waals surface area contributed by atoms with Crippen LogP contribution in [0.4, 0.5) is 13.2 Å². The van der Waals surface area contributed by atoms with E-state index in [0.29, 0.717) is 12.0 Å². The number of hydrogen-bond acceptors (Lipinski definition) is 1. The van der Waals surface area contributed by atoms with Crippen molar-refractivity contribution in [2.24, 2.45) is 0 Å². The van der Waals surface area contributed by atoms with Crippen LogP contribution in [0.5, 0.6) is 0 Å². The Morgan fingerprint density at radius 3 is 2.73 bits per heavy atom. The minimum atomic E-state index is -4.11. The first-order valence-corrected chi connectivity index (χ1v) is 4.90. The molecule has 2 rings (SSSR count). The molecule has 1 aliphatic heterocycles. The van der Waals surface area contributed by atoms with Crippen LogP contribution >= 0.6 is 0 Å². The lowest BCUT2D eigenvalue weighted by Gasteiger charge is -2.06. The smallest absolute Gasteiger partial charge is 0.309 e. The van der Waals surface area contributed by atoms with Gasteiger partial charge in [-0.15, -0.1) is 0 Å². The van der Waals surface area contributed by atoms with E-state index >= 15 is 0 Å². The average Bonchev–Trinajstić information content (AvgIpc) is 2.48. The maximum Gasteiger partial charge on any atom is 0.393 e. The summed E-state index contributed by atoms with van der Waals surface area (Å²) in [5.74, 6) is 0. The number of hydrogen-bond donors (Lipinski definition) is 1. The quantitative estimate of drug-likeness (QED) is 0.709. The highest BCUT2D eigenvalue weighted by molar-refractivity contribution is 5.40. The Kier molecular flexibility index (Phi) is 2.69. The minimum Gasteiger partial charge on any atom is -0.309 e. The maximum atomic E-state index is 12.2. The Balaban J connectivity index is 2.08. The van der Waals surface area contributed by atoms with Gasteiger partial charge in [0, 0.05) is 13.1 Å². The number of rotatable bonds is 1. The van der Waals surface area contributed by atoms with Gasteiger partial charge in [0.25, 0.3) is 0 Å². The Morgan fingerprint density at radius 1 is 1.20 bits per heavy atom. The summed E-state index contributed by atoms with van der Waals surface area (Å²) in [4.78, 5) is 0. The number of alkyl halides is 3. The van der Waals surface area contributed by atoms with Crippen molar-refractivity contribution in [2.45, 2.75) is 19.0 Å². The van der Waals surface area contributed by atoms with E-state index in [9.17, 15) is 13.2 Å². The van der Waals surface area contributed by atoms with Crippen LogP contribution in [0, 0.1) is 0 Å². The van der Waals surface area contributed by atoms with Crippen LogP contribution in [0.3, 0.4) is 0 Å². The van der Waals surface area contributed by atoms with Gasteiger partial charge >= 0.3 is 6.18 Å². The predicted octanol–water partition coefficient (Wildman–Crippen LogP) is 2.72. The third kappa shape index (κ3) is 2.72. The van der Waals surface area contributed by atoms with E-state index in [-0.39, 0.29) is 0 Å². The summed E-state index contributed by atoms with van der Waals surface area (Å²) in [5.41, 5.74) is 2.73. The summed E-state index contributed by atoms with van der Waals surface area (Å²) in [6, 6.07) is 0. The van der Waals surface area contributed by atoms with Crippen molar-refractivity contribution in [2.75, 3.05) is 13.1 Å². The van der Waals surface area contributed by atoms with E-state index in [1.807, 2.05) is 0 Å². The second-order valence-corrected chi connectivity index (χ2v) is 3.84. The second-order valence-electron chi connectivity index (χ2n) is 3.84. The molecule has 1 aliphatic carbocycles. The topological polar surface area (TPSA) is 12.0 Å². The fourth-order valence-electron chi connectivity index (χ4n) is 1.86. The Bertz CT molecular complexity index is 347. The molecule has 0 saturated heterocycles. The third-order valence-electron chi connectivity index (χ3n) is 2.62. The van der Waals surface area contributed by atoms with Crippen LogP contribution in [0.1, 0.15) is 12.8 Å². The van der Waals surface area contributed by atoms with Crippen molar-refractivity contribution in [1.29, 1.82) is 0 Å². The molecule has 15 heavy (non-hydrogen) atoms. The van der Waals surface area contributed by atoms with E-state index < -0.39 is 12.6 Å². The van der Waals surface area contributed by atoms with E-state index in [0.717, 1.165) is 18.7 Å². The monoisotopic (exact) mass is 215 g/mol. The minimum absolute atomic E-state index is 0.372. The molecular formula is C11H12F3N. The third-order valence-corrected chi connectivity index (χ3v) is 2.62. The van der Waals surface area contributed by atoms with Crippen molar-refractivity contribution in [3.05, 3.63) is 34.9 Å². The Morgan fingerprint density at radius 2 is 2.00 bits per heavy atom. The number of halogens is 3. The van der Waals surface area contributed by atoms with Crippen molar-refractivity contribution in [3.63, 3.8) is 0 Å². The van der Waals surface area contributed by atoms with Crippen LogP contribution in [-0.4, -0.2) is 19.3 Å². The van der Waals surface area contributed by atoms with E-state index in [1.54, 1.807) is 18.2 Å². The molecule has 0 aromatic rings. The molecule has 0 aromatic carbocycles. The molecule has 0 atom stereocenters. The molecule has 0 unspecified atom stereocenters. The van der Waals surface area contributed by atoms with Gasteiger partial charge in [-0.2, -0.15) is 13.2 Å². The van der Waals surface area contributed by atoms with Crippen LogP contribution in [0.25, 0.3) is 0 Å². The molecule has 0 bridgehead atoms. The summed E-state index contributed by atoms with van der Waals surface area (Å²) in [6.45, 7) is 1.58. The standard InChI is InChI=1S/C11H12F3N/c12-11(13,14)5-8-1-3-9-6-15-7-10(9)4-2-8/h1-3,15H,4-7H2. The summed E-state index contributed by atoms with van der Waals surface area (Å²) in [7, 11) is 0. The normalized spacial score (nSPS) is 21.4. The van der Waals surface area contributed by atoms with Crippen LogP contribution in [0.2, 0.25) is 0 Å². The van der Waals surface area contributed by atoms with Gasteiger partial charge < -0.3 is 5.32 Å². The van der Waals surface area contributed by atoms with Crippen molar-refractivity contribution >= 4 is 0 Å². The molecule has 0 fully saturated rings. The molecular weight excluding hydrogens is 203 g/mol. The Hall–Kier alpha value is -1.03. The molecule has 1 heterocycles. The highest BCUT2D eigenvalue weighted by Gasteiger charge is 2.28. The van der Waals surface area contributed by atoms with Crippen molar-refractivity contribution < 1.29 is 13.2 Å². The molecule has 1 N–H and O–H groups in total. The highest BCUT2D eigenvalue weighted by Crippen LogP contribution is 2.28. The van der Waals surface area contributed by atoms with Gasteiger partial charge in [-0.25, -0.2) is 0 Å². The summed E-state index contributed by atoms with van der Waals surface area (Å²) < 4.78 is 36.5. The van der Waals surface area contributed by atoms with Gasteiger partial charge in [0.1, 0.15) is 0 Å². The van der Waals surface area contributed by atoms with Gasteiger partial charge in [0.05, 0.1) is 6.42 Å². The maximum absolute atomic E-state index is 12.2. The van der Waals surface area contributed by atoms with Crippen LogP contribution in [-0.2, 0) is 0 Å². The van der Waals surface area contributed by atoms with Crippen molar-refractivity contribution in [1.82, 2.24) is 5.32 Å². The lowest BCUT2D eigenvalue weighted by Crippen LogP contribution is -2.10. The van der Waals surface area contributed by atoms with Gasteiger partial charge in [0.15, 0.2) is 0 Å². The van der Waals surface area contributed by atoms with Gasteiger partial charge in [0.2, 0.25) is 0 Å². The van der Waals surface area contributed by atoms with Gasteiger partial charge in [-0.1, -0.05) is 18.2 Å². The zero-order chi connectivity index (χ0) is 10.9.